The normalized spacial score (nSPS) is 11.9. The predicted molar refractivity (Wildman–Crippen MR) is 201 cm³/mol. The van der Waals surface area contributed by atoms with Gasteiger partial charge in [-0.15, -0.1) is 0 Å². The van der Waals surface area contributed by atoms with Crippen molar-refractivity contribution in [2.45, 2.75) is 12.8 Å². The van der Waals surface area contributed by atoms with E-state index in [1.165, 1.54) is 49.7 Å². The molecule has 0 amide bonds. The maximum atomic E-state index is 6.61. The Bertz CT molecular complexity index is 2140. The Morgan fingerprint density at radius 1 is 0.426 bits per heavy atom. The molecule has 0 aromatic heterocycles. The number of nitrogens with two attached hydrogens (primary N) is 1. The van der Waals surface area contributed by atoms with Gasteiger partial charge in [0, 0.05) is 5.70 Å². The second-order valence-electron chi connectivity index (χ2n) is 12.0. The van der Waals surface area contributed by atoms with E-state index in [-0.39, 0.29) is 0 Å². The molecule has 0 unspecified atom stereocenters. The van der Waals surface area contributed by atoms with E-state index in [4.69, 9.17) is 5.73 Å². The lowest BCUT2D eigenvalue weighted by atomic mass is 9.90. The molecule has 7 aromatic rings. The van der Waals surface area contributed by atoms with E-state index in [9.17, 15) is 0 Å². The van der Waals surface area contributed by atoms with Gasteiger partial charge in [0.25, 0.3) is 0 Å². The fourth-order valence-electron chi connectivity index (χ4n) is 6.26. The number of hydrogen-bond acceptors (Lipinski definition) is 1. The third kappa shape index (κ3) is 7.01. The zero-order valence-electron chi connectivity index (χ0n) is 26.4. The number of rotatable bonds is 9. The lowest BCUT2D eigenvalue weighted by Gasteiger charge is -2.14. The first kappa shape index (κ1) is 29.8. The molecule has 47 heavy (non-hydrogen) atoms. The van der Waals surface area contributed by atoms with Crippen molar-refractivity contribution >= 4 is 22.0 Å². The van der Waals surface area contributed by atoms with Crippen molar-refractivity contribution in [2.24, 2.45) is 5.73 Å². The molecule has 7 rings (SSSR count). The van der Waals surface area contributed by atoms with Crippen LogP contribution in [0.5, 0.6) is 0 Å². The molecule has 0 bridgehead atoms. The fraction of sp³-hybridized carbons (Fsp3) is 0.0435. The summed E-state index contributed by atoms with van der Waals surface area (Å²) in [6.45, 7) is 0. The Morgan fingerprint density at radius 3 is 1.47 bits per heavy atom. The molecule has 0 heterocycles. The molecule has 0 saturated heterocycles. The Morgan fingerprint density at radius 2 is 0.894 bits per heavy atom. The van der Waals surface area contributed by atoms with Crippen molar-refractivity contribution < 1.29 is 0 Å². The second kappa shape index (κ2) is 14.0. The molecule has 226 valence electrons. The first-order valence-corrected chi connectivity index (χ1v) is 16.2. The summed E-state index contributed by atoms with van der Waals surface area (Å²) in [5.74, 6) is 0. The van der Waals surface area contributed by atoms with Gasteiger partial charge in [-0.1, -0.05) is 182 Å². The molecule has 1 heteroatoms. The third-order valence-electron chi connectivity index (χ3n) is 8.79. The Balaban J connectivity index is 1.20. The molecule has 2 N–H and O–H groups in total. The van der Waals surface area contributed by atoms with Gasteiger partial charge in [-0.3, -0.25) is 0 Å². The Hall–Kier alpha value is -5.92. The molecule has 0 spiro atoms. The molecule has 0 aliphatic carbocycles. The van der Waals surface area contributed by atoms with Crippen LogP contribution in [-0.4, -0.2) is 0 Å². The quantitative estimate of drug-likeness (QED) is 0.163. The molecule has 0 fully saturated rings. The highest BCUT2D eigenvalue weighted by molar-refractivity contribution is 6.05. The third-order valence-corrected chi connectivity index (χ3v) is 8.79. The molecule has 0 radical (unpaired) electrons. The maximum absolute atomic E-state index is 6.61. The van der Waals surface area contributed by atoms with Gasteiger partial charge >= 0.3 is 0 Å². The molecule has 0 aliphatic heterocycles. The van der Waals surface area contributed by atoms with Crippen molar-refractivity contribution in [3.8, 4) is 22.3 Å². The van der Waals surface area contributed by atoms with E-state index in [1.807, 2.05) is 18.2 Å². The van der Waals surface area contributed by atoms with Gasteiger partial charge in [-0.25, -0.2) is 0 Å². The topological polar surface area (TPSA) is 26.0 Å². The van der Waals surface area contributed by atoms with E-state index in [0.29, 0.717) is 0 Å². The van der Waals surface area contributed by atoms with Crippen LogP contribution < -0.4 is 5.73 Å². The van der Waals surface area contributed by atoms with Gasteiger partial charge in [0.15, 0.2) is 0 Å². The minimum absolute atomic E-state index is 0.753. The van der Waals surface area contributed by atoms with Crippen LogP contribution in [0.15, 0.2) is 188 Å². The molecule has 0 aliphatic rings. The van der Waals surface area contributed by atoms with Crippen LogP contribution in [-0.2, 0) is 12.8 Å². The zero-order chi connectivity index (χ0) is 31.8. The first-order valence-electron chi connectivity index (χ1n) is 16.2. The van der Waals surface area contributed by atoms with Crippen molar-refractivity contribution in [1.82, 2.24) is 0 Å². The lowest BCUT2D eigenvalue weighted by molar-refractivity contribution is 1.19. The molecule has 1 nitrogen and oxygen atoms in total. The standard InChI is InChI=1S/C46H37N/c47-46(40-16-8-3-9-17-40)33-41(25-20-34-12-4-1-5-13-34)37-26-28-39(29-27-37)43-31-30-42(44-18-10-11-19-45(43)44)38-23-21-36(22-24-38)32-35-14-6-2-7-15-35/h1-19,21-31,33H,20,32,47H2/b41-25+,46-33-. The zero-order valence-corrected chi connectivity index (χ0v) is 26.4. The van der Waals surface area contributed by atoms with Crippen LogP contribution in [0.2, 0.25) is 0 Å². The molecule has 0 atom stereocenters. The summed E-state index contributed by atoms with van der Waals surface area (Å²) < 4.78 is 0. The van der Waals surface area contributed by atoms with E-state index in [1.54, 1.807) is 0 Å². The van der Waals surface area contributed by atoms with Crippen molar-refractivity contribution in [1.29, 1.82) is 0 Å². The Labute approximate surface area is 278 Å². The van der Waals surface area contributed by atoms with Crippen molar-refractivity contribution in [3.63, 3.8) is 0 Å². The molecular formula is C46H37N. The van der Waals surface area contributed by atoms with Crippen molar-refractivity contribution in [2.75, 3.05) is 0 Å². The highest BCUT2D eigenvalue weighted by Gasteiger charge is 2.11. The van der Waals surface area contributed by atoms with Crippen LogP contribution in [0, 0.1) is 0 Å². The van der Waals surface area contributed by atoms with E-state index < -0.39 is 0 Å². The fourth-order valence-corrected chi connectivity index (χ4v) is 6.26. The van der Waals surface area contributed by atoms with Gasteiger partial charge in [0.1, 0.15) is 0 Å². The van der Waals surface area contributed by atoms with Gasteiger partial charge in [-0.2, -0.15) is 0 Å². The van der Waals surface area contributed by atoms with Crippen LogP contribution in [0.3, 0.4) is 0 Å². The second-order valence-corrected chi connectivity index (χ2v) is 12.0. The molecular weight excluding hydrogens is 567 g/mol. The van der Waals surface area contributed by atoms with Crippen LogP contribution in [0.4, 0.5) is 0 Å². The highest BCUT2D eigenvalue weighted by Crippen LogP contribution is 2.36. The summed E-state index contributed by atoms with van der Waals surface area (Å²) >= 11 is 0. The van der Waals surface area contributed by atoms with Gasteiger partial charge in [-0.05, 0) is 85.3 Å². The molecule has 0 saturated carbocycles. The predicted octanol–water partition coefficient (Wildman–Crippen LogP) is 11.4. The number of allylic oxidation sites excluding steroid dienone is 3. The molecule has 7 aromatic carbocycles. The summed E-state index contributed by atoms with van der Waals surface area (Å²) in [4.78, 5) is 0. The monoisotopic (exact) mass is 603 g/mol. The SMILES string of the molecule is N/C(=C\C(=C/Cc1ccccc1)c1ccc(-c2ccc(-c3ccc(Cc4ccccc4)cc3)c3ccccc23)cc1)c1ccccc1. The average Bonchev–Trinajstić information content (AvgIpc) is 3.14. The first-order chi connectivity index (χ1) is 23.2. The van der Waals surface area contributed by atoms with E-state index in [2.05, 4.69) is 170 Å². The average molecular weight is 604 g/mol. The lowest BCUT2D eigenvalue weighted by Crippen LogP contribution is -1.97. The van der Waals surface area contributed by atoms with E-state index in [0.717, 1.165) is 35.2 Å². The van der Waals surface area contributed by atoms with Gasteiger partial charge in [0.2, 0.25) is 0 Å². The van der Waals surface area contributed by atoms with Crippen LogP contribution in [0.1, 0.15) is 27.8 Å². The maximum Gasteiger partial charge on any atom is 0.0393 e. The Kier molecular flexibility index (Phi) is 8.88. The summed E-state index contributed by atoms with van der Waals surface area (Å²) in [5.41, 5.74) is 19.5. The smallest absolute Gasteiger partial charge is 0.0393 e. The minimum Gasteiger partial charge on any atom is -0.398 e. The highest BCUT2D eigenvalue weighted by atomic mass is 14.6. The summed E-state index contributed by atoms with van der Waals surface area (Å²) in [6.07, 6.45) is 6.14. The van der Waals surface area contributed by atoms with Crippen LogP contribution in [0.25, 0.3) is 44.3 Å². The largest absolute Gasteiger partial charge is 0.398 e. The number of fused-ring (bicyclic) bond motifs is 1. The van der Waals surface area contributed by atoms with Gasteiger partial charge in [0.05, 0.1) is 0 Å². The summed E-state index contributed by atoms with van der Waals surface area (Å²) in [6, 6.07) is 62.6. The minimum atomic E-state index is 0.753. The number of benzene rings is 7. The number of hydrogen-bond donors (Lipinski definition) is 1. The summed E-state index contributed by atoms with van der Waals surface area (Å²) in [5, 5.41) is 2.51. The van der Waals surface area contributed by atoms with Gasteiger partial charge < -0.3 is 5.73 Å². The van der Waals surface area contributed by atoms with Crippen molar-refractivity contribution in [3.05, 3.63) is 216 Å². The van der Waals surface area contributed by atoms with Crippen LogP contribution >= 0.6 is 0 Å². The summed E-state index contributed by atoms with van der Waals surface area (Å²) in [7, 11) is 0. The van der Waals surface area contributed by atoms with E-state index >= 15 is 0 Å².